The number of amidine groups is 1. The summed E-state index contributed by atoms with van der Waals surface area (Å²) < 4.78 is 0. The van der Waals surface area contributed by atoms with Crippen LogP contribution >= 0.6 is 11.8 Å². The lowest BCUT2D eigenvalue weighted by molar-refractivity contribution is 0.319. The highest BCUT2D eigenvalue weighted by molar-refractivity contribution is 8.13. The molecular weight excluding hydrogens is 278 g/mol. The number of aromatic nitrogens is 1. The van der Waals surface area contributed by atoms with Gasteiger partial charge in [-0.1, -0.05) is 30.0 Å². The van der Waals surface area contributed by atoms with Crippen LogP contribution in [0.5, 0.6) is 0 Å². The van der Waals surface area contributed by atoms with Gasteiger partial charge in [0.2, 0.25) is 0 Å². The lowest BCUT2D eigenvalue weighted by atomic mass is 9.94. The van der Waals surface area contributed by atoms with Crippen molar-refractivity contribution in [2.75, 3.05) is 18.8 Å². The van der Waals surface area contributed by atoms with Crippen LogP contribution in [0, 0.1) is 5.92 Å². The van der Waals surface area contributed by atoms with Gasteiger partial charge in [-0.15, -0.1) is 0 Å². The molecule has 1 unspecified atom stereocenters. The molecule has 0 saturated carbocycles. The molecule has 1 atom stereocenters. The number of rotatable bonds is 4. The average molecular weight is 301 g/mol. The van der Waals surface area contributed by atoms with Crippen LogP contribution in [0.4, 0.5) is 0 Å². The second-order valence-electron chi connectivity index (χ2n) is 5.76. The third-order valence-electron chi connectivity index (χ3n) is 4.00. The maximum Gasteiger partial charge on any atom is 0.159 e. The molecule has 1 aliphatic heterocycles. The SMILES string of the molecule is C1=CCC(CN(Cc2cccnc2)C2=NCCCS2)CC1. The Bertz CT molecular complexity index is 498. The van der Waals surface area contributed by atoms with Crippen molar-refractivity contribution >= 4 is 16.9 Å². The Morgan fingerprint density at radius 3 is 3.05 bits per heavy atom. The van der Waals surface area contributed by atoms with Gasteiger partial charge in [0.05, 0.1) is 0 Å². The molecule has 2 heterocycles. The van der Waals surface area contributed by atoms with Gasteiger partial charge in [-0.25, -0.2) is 0 Å². The van der Waals surface area contributed by atoms with E-state index in [1.54, 1.807) is 0 Å². The van der Waals surface area contributed by atoms with E-state index in [-0.39, 0.29) is 0 Å². The normalized spacial score (nSPS) is 21.9. The van der Waals surface area contributed by atoms with Crippen molar-refractivity contribution in [2.45, 2.75) is 32.2 Å². The summed E-state index contributed by atoms with van der Waals surface area (Å²) in [4.78, 5) is 11.5. The topological polar surface area (TPSA) is 28.5 Å². The van der Waals surface area contributed by atoms with Gasteiger partial charge in [-0.05, 0) is 43.2 Å². The Morgan fingerprint density at radius 1 is 1.33 bits per heavy atom. The van der Waals surface area contributed by atoms with Crippen molar-refractivity contribution < 1.29 is 0 Å². The Kier molecular flexibility index (Phi) is 5.33. The van der Waals surface area contributed by atoms with Gasteiger partial charge in [0, 0.05) is 37.8 Å². The van der Waals surface area contributed by atoms with Crippen LogP contribution in [0.1, 0.15) is 31.2 Å². The maximum absolute atomic E-state index is 4.76. The fourth-order valence-corrected chi connectivity index (χ4v) is 3.86. The molecular formula is C17H23N3S. The van der Waals surface area contributed by atoms with Crippen LogP contribution in [0.15, 0.2) is 41.7 Å². The molecule has 3 rings (SSSR count). The largest absolute Gasteiger partial charge is 0.347 e. The average Bonchev–Trinajstić information content (AvgIpc) is 2.57. The molecule has 0 saturated heterocycles. The molecule has 0 amide bonds. The molecule has 4 heteroatoms. The second kappa shape index (κ2) is 7.64. The predicted octanol–water partition coefficient (Wildman–Crippen LogP) is 3.73. The monoisotopic (exact) mass is 301 g/mol. The standard InChI is InChI=1S/C17H23N3S/c1-2-6-15(7-3-1)13-20(17-19-10-5-11-21-17)14-16-8-4-9-18-12-16/h1-2,4,8-9,12,15H,3,5-7,10-11,13-14H2. The lowest BCUT2D eigenvalue weighted by Gasteiger charge is -2.31. The van der Waals surface area contributed by atoms with Crippen LogP contribution in [-0.2, 0) is 6.54 Å². The summed E-state index contributed by atoms with van der Waals surface area (Å²) in [5, 5.41) is 1.24. The molecule has 2 aliphatic rings. The zero-order valence-electron chi connectivity index (χ0n) is 12.4. The van der Waals surface area contributed by atoms with Gasteiger partial charge in [0.1, 0.15) is 0 Å². The zero-order valence-corrected chi connectivity index (χ0v) is 13.3. The Morgan fingerprint density at radius 2 is 2.33 bits per heavy atom. The minimum Gasteiger partial charge on any atom is -0.347 e. The van der Waals surface area contributed by atoms with E-state index in [4.69, 9.17) is 4.99 Å². The summed E-state index contributed by atoms with van der Waals surface area (Å²) in [6.45, 7) is 3.03. The number of nitrogens with zero attached hydrogens (tertiary/aromatic N) is 3. The molecule has 1 aliphatic carbocycles. The summed E-state index contributed by atoms with van der Waals surface area (Å²) in [5.74, 6) is 1.96. The number of thioether (sulfide) groups is 1. The Hall–Kier alpha value is -1.29. The Labute approximate surface area is 131 Å². The summed E-state index contributed by atoms with van der Waals surface area (Å²) in [6.07, 6.45) is 13.4. The fourth-order valence-electron chi connectivity index (χ4n) is 2.90. The number of hydrogen-bond acceptors (Lipinski definition) is 4. The maximum atomic E-state index is 4.76. The molecule has 3 nitrogen and oxygen atoms in total. The van der Waals surface area contributed by atoms with Crippen molar-refractivity contribution in [1.29, 1.82) is 0 Å². The van der Waals surface area contributed by atoms with Gasteiger partial charge < -0.3 is 4.90 Å². The second-order valence-corrected chi connectivity index (χ2v) is 6.82. The quantitative estimate of drug-likeness (QED) is 0.793. The van der Waals surface area contributed by atoms with Crippen molar-refractivity contribution in [3.63, 3.8) is 0 Å². The highest BCUT2D eigenvalue weighted by atomic mass is 32.2. The molecule has 0 spiro atoms. The number of pyridine rings is 1. The fraction of sp³-hybridized carbons (Fsp3) is 0.529. The van der Waals surface area contributed by atoms with E-state index in [2.05, 4.69) is 28.1 Å². The zero-order chi connectivity index (χ0) is 14.3. The molecule has 0 fully saturated rings. The molecule has 0 aromatic carbocycles. The van der Waals surface area contributed by atoms with E-state index in [0.717, 1.165) is 25.6 Å². The van der Waals surface area contributed by atoms with E-state index in [1.165, 1.54) is 42.2 Å². The van der Waals surface area contributed by atoms with Crippen molar-refractivity contribution in [1.82, 2.24) is 9.88 Å². The van der Waals surface area contributed by atoms with E-state index in [0.29, 0.717) is 0 Å². The van der Waals surface area contributed by atoms with Crippen molar-refractivity contribution in [3.05, 3.63) is 42.2 Å². The van der Waals surface area contributed by atoms with E-state index in [9.17, 15) is 0 Å². The van der Waals surface area contributed by atoms with Crippen LogP contribution in [0.3, 0.4) is 0 Å². The van der Waals surface area contributed by atoms with Gasteiger partial charge >= 0.3 is 0 Å². The van der Waals surface area contributed by atoms with Gasteiger partial charge in [0.15, 0.2) is 5.17 Å². The number of aliphatic imine (C=N–C) groups is 1. The lowest BCUT2D eigenvalue weighted by Crippen LogP contribution is -2.35. The van der Waals surface area contributed by atoms with E-state index < -0.39 is 0 Å². The molecule has 1 aromatic heterocycles. The minimum absolute atomic E-state index is 0.761. The van der Waals surface area contributed by atoms with Crippen LogP contribution < -0.4 is 0 Å². The molecule has 0 N–H and O–H groups in total. The molecule has 112 valence electrons. The number of hydrogen-bond donors (Lipinski definition) is 0. The third kappa shape index (κ3) is 4.34. The van der Waals surface area contributed by atoms with Crippen LogP contribution in [0.25, 0.3) is 0 Å². The van der Waals surface area contributed by atoms with Crippen molar-refractivity contribution in [2.24, 2.45) is 10.9 Å². The molecule has 0 bridgehead atoms. The highest BCUT2D eigenvalue weighted by Crippen LogP contribution is 2.24. The minimum atomic E-state index is 0.761. The van der Waals surface area contributed by atoms with Crippen molar-refractivity contribution in [3.8, 4) is 0 Å². The predicted molar refractivity (Wildman–Crippen MR) is 90.5 cm³/mol. The number of allylic oxidation sites excluding steroid dienone is 2. The van der Waals surface area contributed by atoms with Gasteiger partial charge in [-0.3, -0.25) is 9.98 Å². The van der Waals surface area contributed by atoms with Crippen LogP contribution in [-0.4, -0.2) is 33.9 Å². The highest BCUT2D eigenvalue weighted by Gasteiger charge is 2.20. The summed E-state index contributed by atoms with van der Waals surface area (Å²) in [7, 11) is 0. The third-order valence-corrected chi connectivity index (χ3v) is 5.14. The summed E-state index contributed by atoms with van der Waals surface area (Å²) in [5.41, 5.74) is 1.28. The molecule has 0 radical (unpaired) electrons. The Balaban J connectivity index is 1.70. The first kappa shape index (κ1) is 14.6. The first-order chi connectivity index (χ1) is 10.4. The van der Waals surface area contributed by atoms with E-state index in [1.807, 2.05) is 30.2 Å². The molecule has 21 heavy (non-hydrogen) atoms. The van der Waals surface area contributed by atoms with Crippen LogP contribution in [0.2, 0.25) is 0 Å². The van der Waals surface area contributed by atoms with Gasteiger partial charge in [-0.2, -0.15) is 0 Å². The first-order valence-electron chi connectivity index (χ1n) is 7.88. The summed E-state index contributed by atoms with van der Waals surface area (Å²) in [6, 6.07) is 4.18. The summed E-state index contributed by atoms with van der Waals surface area (Å²) >= 11 is 1.92. The van der Waals surface area contributed by atoms with Gasteiger partial charge in [0.25, 0.3) is 0 Å². The smallest absolute Gasteiger partial charge is 0.159 e. The first-order valence-corrected chi connectivity index (χ1v) is 8.86. The molecule has 1 aromatic rings. The van der Waals surface area contributed by atoms with E-state index >= 15 is 0 Å².